The summed E-state index contributed by atoms with van der Waals surface area (Å²) in [6, 6.07) is 0.522. The van der Waals surface area contributed by atoms with Crippen molar-refractivity contribution in [3.05, 3.63) is 12.2 Å². The lowest BCUT2D eigenvalue weighted by Gasteiger charge is -2.21. The molecule has 0 aliphatic heterocycles. The predicted octanol–water partition coefficient (Wildman–Crippen LogP) is 1.65. The van der Waals surface area contributed by atoms with E-state index in [-0.39, 0.29) is 5.92 Å². The summed E-state index contributed by atoms with van der Waals surface area (Å²) in [7, 11) is 0. The fraction of sp³-hybridized carbons (Fsp3) is 0.750. The van der Waals surface area contributed by atoms with Gasteiger partial charge in [-0.05, 0) is 31.1 Å². The zero-order chi connectivity index (χ0) is 10.8. The van der Waals surface area contributed by atoms with Crippen LogP contribution in [0.25, 0.3) is 0 Å². The number of hydrogen-bond acceptors (Lipinski definition) is 2. The Morgan fingerprint density at radius 3 is 2.80 bits per heavy atom. The highest BCUT2D eigenvalue weighted by atomic mass is 16.4. The molecular weight excluding hydrogens is 190 g/mol. The monoisotopic (exact) mass is 209 g/mol. The number of carboxylic acids is 1. The molecule has 0 aromatic carbocycles. The number of carbonyl (C=O) groups is 1. The molecule has 1 fully saturated rings. The minimum Gasteiger partial charge on any atom is -0.481 e. The first-order valence-electron chi connectivity index (χ1n) is 5.85. The third kappa shape index (κ3) is 2.23. The van der Waals surface area contributed by atoms with E-state index in [4.69, 9.17) is 5.11 Å². The van der Waals surface area contributed by atoms with E-state index in [1.54, 1.807) is 0 Å². The van der Waals surface area contributed by atoms with Crippen LogP contribution in [-0.2, 0) is 4.79 Å². The Labute approximate surface area is 90.6 Å². The largest absolute Gasteiger partial charge is 0.481 e. The van der Waals surface area contributed by atoms with Gasteiger partial charge in [0.1, 0.15) is 0 Å². The van der Waals surface area contributed by atoms with E-state index in [0.717, 1.165) is 5.92 Å². The highest BCUT2D eigenvalue weighted by Crippen LogP contribution is 2.38. The highest BCUT2D eigenvalue weighted by molar-refractivity contribution is 5.70. The molecule has 0 aromatic heterocycles. The summed E-state index contributed by atoms with van der Waals surface area (Å²) in [5.41, 5.74) is 0. The van der Waals surface area contributed by atoms with Gasteiger partial charge < -0.3 is 10.4 Å². The maximum absolute atomic E-state index is 10.8. The summed E-state index contributed by atoms with van der Waals surface area (Å²) in [5, 5.41) is 12.3. The summed E-state index contributed by atoms with van der Waals surface area (Å²) < 4.78 is 0. The first-order chi connectivity index (χ1) is 7.20. The first-order valence-corrected chi connectivity index (χ1v) is 5.85. The molecule has 4 unspecified atom stereocenters. The van der Waals surface area contributed by atoms with E-state index in [9.17, 15) is 4.79 Å². The summed E-state index contributed by atoms with van der Waals surface area (Å²) in [6.45, 7) is 2.55. The molecule has 84 valence electrons. The number of hydrogen-bond donors (Lipinski definition) is 2. The van der Waals surface area contributed by atoms with Crippen LogP contribution in [0.15, 0.2) is 12.2 Å². The molecule has 1 saturated carbocycles. The molecule has 2 aliphatic rings. The third-order valence-corrected chi connectivity index (χ3v) is 3.75. The molecule has 0 spiro atoms. The van der Waals surface area contributed by atoms with Gasteiger partial charge in [0.15, 0.2) is 0 Å². The Balaban J connectivity index is 1.78. The fourth-order valence-corrected chi connectivity index (χ4v) is 2.72. The quantitative estimate of drug-likeness (QED) is 0.677. The second-order valence-corrected chi connectivity index (χ2v) is 4.74. The highest BCUT2D eigenvalue weighted by Gasteiger charge is 2.35. The molecule has 0 saturated heterocycles. The molecule has 0 heterocycles. The van der Waals surface area contributed by atoms with Gasteiger partial charge in [-0.2, -0.15) is 0 Å². The average Bonchev–Trinajstić information content (AvgIpc) is 2.79. The van der Waals surface area contributed by atoms with Gasteiger partial charge in [0, 0.05) is 12.6 Å². The number of carboxylic acid groups (broad SMARTS) is 1. The van der Waals surface area contributed by atoms with E-state index in [0.29, 0.717) is 24.9 Å². The van der Waals surface area contributed by atoms with Gasteiger partial charge >= 0.3 is 5.97 Å². The van der Waals surface area contributed by atoms with Crippen LogP contribution in [0.2, 0.25) is 0 Å². The van der Waals surface area contributed by atoms with Crippen molar-refractivity contribution < 1.29 is 9.90 Å². The van der Waals surface area contributed by atoms with Crippen LogP contribution < -0.4 is 5.32 Å². The van der Waals surface area contributed by atoms with Gasteiger partial charge in [-0.3, -0.25) is 4.79 Å². The SMILES string of the molecule is CCC(CNC1CC2C=CC1C2)C(=O)O. The maximum Gasteiger partial charge on any atom is 0.307 e. The third-order valence-electron chi connectivity index (χ3n) is 3.75. The topological polar surface area (TPSA) is 49.3 Å². The van der Waals surface area contributed by atoms with Gasteiger partial charge in [-0.15, -0.1) is 0 Å². The average molecular weight is 209 g/mol. The Bertz CT molecular complexity index is 275. The number of nitrogens with one attached hydrogen (secondary N) is 1. The van der Waals surface area contributed by atoms with Crippen molar-refractivity contribution in [1.82, 2.24) is 5.32 Å². The Morgan fingerprint density at radius 1 is 1.53 bits per heavy atom. The standard InChI is InChI=1S/C12H19NO2/c1-2-9(12(14)15)7-13-11-6-8-3-4-10(11)5-8/h3-4,8-11,13H,2,5-7H2,1H3,(H,14,15). The van der Waals surface area contributed by atoms with Crippen molar-refractivity contribution in [3.63, 3.8) is 0 Å². The molecule has 2 aliphatic carbocycles. The van der Waals surface area contributed by atoms with Crippen LogP contribution in [0.1, 0.15) is 26.2 Å². The molecule has 2 rings (SSSR count). The van der Waals surface area contributed by atoms with Crippen LogP contribution in [0, 0.1) is 17.8 Å². The smallest absolute Gasteiger partial charge is 0.307 e. The van der Waals surface area contributed by atoms with Crippen molar-refractivity contribution in [2.75, 3.05) is 6.54 Å². The van der Waals surface area contributed by atoms with E-state index < -0.39 is 5.97 Å². The lowest BCUT2D eigenvalue weighted by atomic mass is 10.00. The van der Waals surface area contributed by atoms with E-state index in [2.05, 4.69) is 17.5 Å². The summed E-state index contributed by atoms with van der Waals surface area (Å²) in [5.74, 6) is 0.496. The summed E-state index contributed by atoms with van der Waals surface area (Å²) >= 11 is 0. The van der Waals surface area contributed by atoms with Crippen molar-refractivity contribution in [3.8, 4) is 0 Å². The number of rotatable bonds is 5. The lowest BCUT2D eigenvalue weighted by Crippen LogP contribution is -2.38. The molecule has 4 atom stereocenters. The molecule has 0 aromatic rings. The van der Waals surface area contributed by atoms with Crippen molar-refractivity contribution in [2.24, 2.45) is 17.8 Å². The first kappa shape index (κ1) is 10.7. The Kier molecular flexibility index (Phi) is 3.10. The normalized spacial score (nSPS) is 34.6. The van der Waals surface area contributed by atoms with Crippen LogP contribution in [0.3, 0.4) is 0 Å². The van der Waals surface area contributed by atoms with Crippen molar-refractivity contribution in [1.29, 1.82) is 0 Å². The maximum atomic E-state index is 10.8. The zero-order valence-electron chi connectivity index (χ0n) is 9.15. The number of allylic oxidation sites excluding steroid dienone is 1. The molecule has 3 heteroatoms. The van der Waals surface area contributed by atoms with Gasteiger partial charge in [0.05, 0.1) is 5.92 Å². The van der Waals surface area contributed by atoms with E-state index >= 15 is 0 Å². The second-order valence-electron chi connectivity index (χ2n) is 4.74. The minimum atomic E-state index is -0.677. The Morgan fingerprint density at radius 2 is 2.33 bits per heavy atom. The van der Waals surface area contributed by atoms with E-state index in [1.165, 1.54) is 12.8 Å². The lowest BCUT2D eigenvalue weighted by molar-refractivity contribution is -0.141. The number of aliphatic carboxylic acids is 1. The zero-order valence-corrected chi connectivity index (χ0v) is 9.15. The summed E-state index contributed by atoms with van der Waals surface area (Å²) in [6.07, 6.45) is 7.75. The molecule has 15 heavy (non-hydrogen) atoms. The Hall–Kier alpha value is -0.830. The molecular formula is C12H19NO2. The van der Waals surface area contributed by atoms with Crippen LogP contribution in [0.5, 0.6) is 0 Å². The molecule has 2 bridgehead atoms. The molecule has 0 radical (unpaired) electrons. The van der Waals surface area contributed by atoms with Crippen LogP contribution in [0.4, 0.5) is 0 Å². The fourth-order valence-electron chi connectivity index (χ4n) is 2.72. The van der Waals surface area contributed by atoms with Gasteiger partial charge in [0.25, 0.3) is 0 Å². The van der Waals surface area contributed by atoms with E-state index in [1.807, 2.05) is 6.92 Å². The van der Waals surface area contributed by atoms with Gasteiger partial charge in [-0.25, -0.2) is 0 Å². The van der Waals surface area contributed by atoms with Gasteiger partial charge in [0.2, 0.25) is 0 Å². The molecule has 0 amide bonds. The van der Waals surface area contributed by atoms with Crippen molar-refractivity contribution >= 4 is 5.97 Å². The second kappa shape index (κ2) is 4.35. The van der Waals surface area contributed by atoms with Crippen LogP contribution >= 0.6 is 0 Å². The number of fused-ring (bicyclic) bond motifs is 2. The molecule has 2 N–H and O–H groups in total. The summed E-state index contributed by atoms with van der Waals surface area (Å²) in [4.78, 5) is 10.8. The van der Waals surface area contributed by atoms with Crippen LogP contribution in [-0.4, -0.2) is 23.7 Å². The van der Waals surface area contributed by atoms with Gasteiger partial charge in [-0.1, -0.05) is 19.1 Å². The predicted molar refractivity (Wildman–Crippen MR) is 58.6 cm³/mol. The van der Waals surface area contributed by atoms with Crippen molar-refractivity contribution in [2.45, 2.75) is 32.2 Å². The minimum absolute atomic E-state index is 0.229. The molecule has 3 nitrogen and oxygen atoms in total.